The van der Waals surface area contributed by atoms with Crippen LogP contribution in [0.4, 0.5) is 0 Å². The Morgan fingerprint density at radius 2 is 0.737 bits per heavy atom. The zero-order valence-corrected chi connectivity index (χ0v) is 15.0. The van der Waals surface area contributed by atoms with E-state index in [1.165, 1.54) is 18.5 Å². The van der Waals surface area contributed by atoms with Crippen molar-refractivity contribution in [2.45, 2.75) is 20.8 Å². The van der Waals surface area contributed by atoms with E-state index >= 15 is 0 Å². The van der Waals surface area contributed by atoms with Crippen LogP contribution in [0.5, 0.6) is 0 Å². The summed E-state index contributed by atoms with van der Waals surface area (Å²) in [6.07, 6.45) is 24.3. The average molecular weight is 310 g/mol. The minimum atomic E-state index is 0.446. The van der Waals surface area contributed by atoms with Crippen molar-refractivity contribution in [2.75, 3.05) is 18.5 Å². The monoisotopic (exact) mass is 310 g/mol. The third kappa shape index (κ3) is 19.0. The van der Waals surface area contributed by atoms with Gasteiger partial charge in [0.1, 0.15) is 0 Å². The minimum absolute atomic E-state index is 0.446. The quantitative estimate of drug-likeness (QED) is 0.530. The second kappa shape index (κ2) is 21.3. The Labute approximate surface area is 136 Å². The van der Waals surface area contributed by atoms with Crippen molar-refractivity contribution in [2.24, 2.45) is 0 Å². The molecule has 2 aliphatic rings. The van der Waals surface area contributed by atoms with Crippen LogP contribution >= 0.6 is 7.92 Å². The fourth-order valence-electron chi connectivity index (χ4n) is 1.31. The summed E-state index contributed by atoms with van der Waals surface area (Å²) in [5.74, 6) is 0. The van der Waals surface area contributed by atoms with Crippen molar-refractivity contribution in [3.8, 4) is 0 Å². The first-order valence-corrected chi connectivity index (χ1v) is 9.76. The van der Waals surface area contributed by atoms with Gasteiger partial charge < -0.3 is 0 Å². The molecule has 0 nitrogen and oxygen atoms in total. The Bertz CT molecular complexity index is 107. The summed E-state index contributed by atoms with van der Waals surface area (Å²) in [4.78, 5) is 3.25. The summed E-state index contributed by atoms with van der Waals surface area (Å²) < 4.78 is 0. The van der Waals surface area contributed by atoms with E-state index in [1.807, 2.05) is 64.2 Å². The molecule has 0 aliphatic heterocycles. The molecule has 2 fully saturated rings. The molecule has 0 heterocycles. The molecule has 0 aromatic carbocycles. The van der Waals surface area contributed by atoms with Crippen LogP contribution < -0.4 is 0 Å². The fourth-order valence-corrected chi connectivity index (χ4v) is 2.65. The molecule has 2 rings (SSSR count). The summed E-state index contributed by atoms with van der Waals surface area (Å²) >= 11 is 1.75. The zero-order chi connectivity index (χ0) is 14.8. The topological polar surface area (TPSA) is 0 Å². The first kappa shape index (κ1) is 22.3. The maximum atomic E-state index is 3.25. The number of hydrogen-bond acceptors (Lipinski definition) is 0. The van der Waals surface area contributed by atoms with Crippen LogP contribution in [0, 0.1) is 64.2 Å². The summed E-state index contributed by atoms with van der Waals surface area (Å²) in [7, 11) is 0.446. The summed E-state index contributed by atoms with van der Waals surface area (Å²) in [5.41, 5.74) is 0. The van der Waals surface area contributed by atoms with E-state index in [2.05, 4.69) is 25.6 Å². The molecule has 0 amide bonds. The van der Waals surface area contributed by atoms with Gasteiger partial charge in [0.2, 0.25) is 0 Å². The zero-order valence-electron chi connectivity index (χ0n) is 12.5. The van der Waals surface area contributed by atoms with Gasteiger partial charge in [0.05, 0.1) is 0 Å². The minimum Gasteiger partial charge on any atom is -0.0312 e. The van der Waals surface area contributed by atoms with Gasteiger partial charge in [0.25, 0.3) is 0 Å². The van der Waals surface area contributed by atoms with Gasteiger partial charge >= 0.3 is 24.8 Å². The maximum absolute atomic E-state index is 3.25. The molecule has 104 valence electrons. The van der Waals surface area contributed by atoms with Gasteiger partial charge in [-0.2, -0.15) is 0 Å². The van der Waals surface area contributed by atoms with Gasteiger partial charge in [-0.3, -0.25) is 0 Å². The van der Waals surface area contributed by atoms with E-state index in [0.29, 0.717) is 7.92 Å². The Morgan fingerprint density at radius 1 is 0.579 bits per heavy atom. The Morgan fingerprint density at radius 3 is 0.789 bits per heavy atom. The van der Waals surface area contributed by atoms with Crippen LogP contribution in [-0.2, 0) is 20.0 Å². The van der Waals surface area contributed by atoms with Crippen LogP contribution in [0.25, 0.3) is 0 Å². The van der Waals surface area contributed by atoms with Gasteiger partial charge in [-0.1, -0.05) is 20.8 Å². The SMILES string of the molecule is CCP(CC)CC.[CH2]=[Ti].[CH]1[CH][CH][CH][CH]1.[CH]1[CH][CH][CH][CH]1. The first-order valence-electron chi connectivity index (χ1n) is 6.76. The average Bonchev–Trinajstić information content (AvgIpc) is 3.21. The molecule has 0 saturated heterocycles. The molecule has 0 unspecified atom stereocenters. The molecule has 0 bridgehead atoms. The molecule has 0 aromatic heterocycles. The Kier molecular flexibility index (Phi) is 25.0. The van der Waals surface area contributed by atoms with Gasteiger partial charge in [-0.05, 0) is 82.7 Å². The van der Waals surface area contributed by atoms with E-state index < -0.39 is 0 Å². The second-order valence-electron chi connectivity index (χ2n) is 3.54. The Balaban J connectivity index is 0. The summed E-state index contributed by atoms with van der Waals surface area (Å²) in [5, 5.41) is 0. The van der Waals surface area contributed by atoms with Crippen LogP contribution in [0.1, 0.15) is 20.8 Å². The molecular weight excluding hydrogens is 283 g/mol. The third-order valence-electron chi connectivity index (χ3n) is 2.45. The van der Waals surface area contributed by atoms with Crippen LogP contribution in [0.2, 0.25) is 0 Å². The third-order valence-corrected chi connectivity index (χ3v) is 5.14. The normalized spacial score (nSPS) is 16.6. The van der Waals surface area contributed by atoms with Gasteiger partial charge in [0, 0.05) is 0 Å². The van der Waals surface area contributed by atoms with Crippen molar-refractivity contribution in [3.63, 3.8) is 0 Å². The molecule has 10 radical (unpaired) electrons. The summed E-state index contributed by atoms with van der Waals surface area (Å²) in [6.45, 7) is 6.87. The summed E-state index contributed by atoms with van der Waals surface area (Å²) in [6, 6.07) is 0. The van der Waals surface area contributed by atoms with Gasteiger partial charge in [0.15, 0.2) is 0 Å². The van der Waals surface area contributed by atoms with Crippen molar-refractivity contribution in [1.29, 1.82) is 0 Å². The van der Waals surface area contributed by atoms with Crippen LogP contribution in [0.15, 0.2) is 0 Å². The predicted molar refractivity (Wildman–Crippen MR) is 88.7 cm³/mol. The van der Waals surface area contributed by atoms with E-state index in [0.717, 1.165) is 0 Å². The number of rotatable bonds is 3. The molecule has 0 N–H and O–H groups in total. The maximum Gasteiger partial charge on any atom is -0.0312 e. The molecule has 0 spiro atoms. The molecule has 0 atom stereocenters. The molecule has 0 aromatic rings. The van der Waals surface area contributed by atoms with Crippen LogP contribution in [-0.4, -0.2) is 23.3 Å². The molecule has 2 heteroatoms. The van der Waals surface area contributed by atoms with E-state index in [1.54, 1.807) is 20.0 Å². The van der Waals surface area contributed by atoms with Crippen molar-refractivity contribution >= 4 is 12.7 Å². The van der Waals surface area contributed by atoms with Crippen molar-refractivity contribution < 1.29 is 20.0 Å². The Hall–Kier alpha value is 1.01. The van der Waals surface area contributed by atoms with Crippen molar-refractivity contribution in [1.82, 2.24) is 0 Å². The smallest absolute Gasteiger partial charge is 0.0312 e. The predicted octanol–water partition coefficient (Wildman–Crippen LogP) is 4.54. The second-order valence-corrected chi connectivity index (χ2v) is 6.78. The standard InChI is InChI=1S/C6H15P.2C5H5.CH2.Ti/c1-4-7(5-2)6-3;2*1-2-4-5-3-1;;/h4-6H2,1-3H3;2*1-5H;1H2;. The molecule has 2 saturated carbocycles. The van der Waals surface area contributed by atoms with E-state index in [-0.39, 0.29) is 0 Å². The van der Waals surface area contributed by atoms with Gasteiger partial charge in [-0.15, -0.1) is 7.92 Å². The van der Waals surface area contributed by atoms with E-state index in [9.17, 15) is 0 Å². The van der Waals surface area contributed by atoms with Crippen LogP contribution in [0.3, 0.4) is 0 Å². The molecule has 19 heavy (non-hydrogen) atoms. The molecular formula is C17H27PTi. The largest absolute Gasteiger partial charge is 0.0312 e. The van der Waals surface area contributed by atoms with Gasteiger partial charge in [-0.25, -0.2) is 0 Å². The van der Waals surface area contributed by atoms with E-state index in [4.69, 9.17) is 0 Å². The number of hydrogen-bond donors (Lipinski definition) is 0. The van der Waals surface area contributed by atoms with Crippen molar-refractivity contribution in [3.05, 3.63) is 64.2 Å². The first-order chi connectivity index (χ1) is 9.35. The fraction of sp³-hybridized carbons (Fsp3) is 0.353. The molecule has 2 aliphatic carbocycles.